The molecular weight excluding hydrogens is 235 g/mol. The zero-order valence-corrected chi connectivity index (χ0v) is 9.50. The van der Waals surface area contributed by atoms with Gasteiger partial charge in [0.15, 0.2) is 5.84 Å². The number of amidine groups is 1. The Kier molecular flexibility index (Phi) is 5.04. The first kappa shape index (κ1) is 14.1. The van der Waals surface area contributed by atoms with Gasteiger partial charge in [-0.05, 0) is 18.9 Å². The lowest BCUT2D eigenvalue weighted by molar-refractivity contribution is -0.154. The van der Waals surface area contributed by atoms with E-state index < -0.39 is 17.9 Å². The Bertz CT molecular complexity index is 264. The van der Waals surface area contributed by atoms with E-state index in [2.05, 4.69) is 10.5 Å². The maximum absolute atomic E-state index is 12.5. The second-order valence-corrected chi connectivity index (χ2v) is 4.41. The first-order chi connectivity index (χ1) is 7.95. The van der Waals surface area contributed by atoms with Crippen molar-refractivity contribution in [3.05, 3.63) is 0 Å². The van der Waals surface area contributed by atoms with Crippen LogP contribution < -0.4 is 11.1 Å². The lowest BCUT2D eigenvalue weighted by Gasteiger charge is -2.26. The predicted octanol–water partition coefficient (Wildman–Crippen LogP) is 1.69. The van der Waals surface area contributed by atoms with Gasteiger partial charge in [0.1, 0.15) is 5.92 Å². The van der Waals surface area contributed by atoms with Crippen LogP contribution in [-0.4, -0.2) is 30.3 Å². The van der Waals surface area contributed by atoms with E-state index in [9.17, 15) is 13.2 Å². The third-order valence-corrected chi connectivity index (χ3v) is 3.17. The summed E-state index contributed by atoms with van der Waals surface area (Å²) in [6, 6.07) is 0. The van der Waals surface area contributed by atoms with E-state index in [0.717, 1.165) is 6.42 Å². The van der Waals surface area contributed by atoms with Crippen LogP contribution >= 0.6 is 0 Å². The summed E-state index contributed by atoms with van der Waals surface area (Å²) in [5, 5.41) is 13.4. The normalized spacial score (nSPS) is 20.1. The molecule has 4 nitrogen and oxygen atoms in total. The minimum Gasteiger partial charge on any atom is -0.409 e. The summed E-state index contributed by atoms with van der Waals surface area (Å²) in [5.74, 6) is -2.07. The highest BCUT2D eigenvalue weighted by atomic mass is 19.4. The molecule has 100 valence electrons. The Morgan fingerprint density at radius 2 is 2.12 bits per heavy atom. The minimum atomic E-state index is -4.49. The van der Waals surface area contributed by atoms with Crippen LogP contribution in [0, 0.1) is 11.8 Å². The Morgan fingerprint density at radius 3 is 2.53 bits per heavy atom. The molecule has 0 aliphatic heterocycles. The number of hydrogen-bond acceptors (Lipinski definition) is 3. The Hall–Kier alpha value is -0.980. The van der Waals surface area contributed by atoms with Crippen LogP contribution in [0.25, 0.3) is 0 Å². The second kappa shape index (κ2) is 6.09. The van der Waals surface area contributed by atoms with Crippen molar-refractivity contribution in [2.75, 3.05) is 13.1 Å². The summed E-state index contributed by atoms with van der Waals surface area (Å²) in [7, 11) is 0. The fraction of sp³-hybridized carbons (Fsp3) is 0.900. The Morgan fingerprint density at radius 1 is 1.47 bits per heavy atom. The van der Waals surface area contributed by atoms with Gasteiger partial charge in [-0.3, -0.25) is 0 Å². The molecule has 7 heteroatoms. The smallest absolute Gasteiger partial charge is 0.400 e. The first-order valence-electron chi connectivity index (χ1n) is 5.70. The van der Waals surface area contributed by atoms with Gasteiger partial charge in [0.2, 0.25) is 0 Å². The van der Waals surface area contributed by atoms with Gasteiger partial charge in [0.05, 0.1) is 0 Å². The van der Waals surface area contributed by atoms with Crippen molar-refractivity contribution in [3.8, 4) is 0 Å². The highest BCUT2D eigenvalue weighted by molar-refractivity contribution is 5.83. The summed E-state index contributed by atoms with van der Waals surface area (Å²) < 4.78 is 37.5. The SMILES string of the molecule is NC(=NO)C(CNCCC1CCC1)C(F)(F)F. The third kappa shape index (κ3) is 4.41. The maximum Gasteiger partial charge on any atom is 0.400 e. The summed E-state index contributed by atoms with van der Waals surface area (Å²) in [6.45, 7) is 0.196. The van der Waals surface area contributed by atoms with Crippen LogP contribution in [0.15, 0.2) is 5.16 Å². The van der Waals surface area contributed by atoms with Crippen molar-refractivity contribution >= 4 is 5.84 Å². The summed E-state index contributed by atoms with van der Waals surface area (Å²) in [6.07, 6.45) is -0.0320. The number of halogens is 3. The second-order valence-electron chi connectivity index (χ2n) is 4.41. The van der Waals surface area contributed by atoms with E-state index in [-0.39, 0.29) is 6.54 Å². The van der Waals surface area contributed by atoms with Gasteiger partial charge in [-0.1, -0.05) is 24.4 Å². The number of nitrogens with one attached hydrogen (secondary N) is 1. The number of oxime groups is 1. The molecular formula is C10H18F3N3O. The van der Waals surface area contributed by atoms with Crippen LogP contribution in [-0.2, 0) is 0 Å². The van der Waals surface area contributed by atoms with Crippen LogP contribution in [0.3, 0.4) is 0 Å². The Labute approximate surface area is 98.0 Å². The molecule has 1 aliphatic rings. The fourth-order valence-corrected chi connectivity index (χ4v) is 1.79. The molecule has 0 aromatic heterocycles. The van der Waals surface area contributed by atoms with Gasteiger partial charge >= 0.3 is 6.18 Å². The standard InChI is InChI=1S/C10H18F3N3O/c11-10(12,13)8(9(14)16-17)6-15-5-4-7-2-1-3-7/h7-8,15,17H,1-6H2,(H2,14,16). The summed E-state index contributed by atoms with van der Waals surface area (Å²) >= 11 is 0. The molecule has 1 atom stereocenters. The molecule has 4 N–H and O–H groups in total. The third-order valence-electron chi connectivity index (χ3n) is 3.17. The molecule has 0 radical (unpaired) electrons. The molecule has 0 heterocycles. The van der Waals surface area contributed by atoms with Crippen molar-refractivity contribution < 1.29 is 18.4 Å². The largest absolute Gasteiger partial charge is 0.409 e. The molecule has 0 saturated heterocycles. The highest BCUT2D eigenvalue weighted by Gasteiger charge is 2.42. The van der Waals surface area contributed by atoms with Crippen LogP contribution in [0.2, 0.25) is 0 Å². The molecule has 0 aromatic rings. The molecule has 1 fully saturated rings. The number of nitrogens with two attached hydrogens (primary N) is 1. The van der Waals surface area contributed by atoms with Gasteiger partial charge in [-0.2, -0.15) is 13.2 Å². The minimum absolute atomic E-state index is 0.341. The number of nitrogens with zero attached hydrogens (tertiary/aromatic N) is 1. The number of alkyl halides is 3. The quantitative estimate of drug-likeness (QED) is 0.222. The van der Waals surface area contributed by atoms with E-state index in [1.807, 2.05) is 0 Å². The molecule has 1 aliphatic carbocycles. The van der Waals surface area contributed by atoms with E-state index in [4.69, 9.17) is 10.9 Å². The molecule has 0 spiro atoms. The number of rotatable bonds is 6. The average molecular weight is 253 g/mol. The van der Waals surface area contributed by atoms with Crippen LogP contribution in [0.4, 0.5) is 13.2 Å². The fourth-order valence-electron chi connectivity index (χ4n) is 1.79. The maximum atomic E-state index is 12.5. The topological polar surface area (TPSA) is 70.6 Å². The van der Waals surface area contributed by atoms with Crippen molar-refractivity contribution in [2.45, 2.75) is 31.9 Å². The summed E-state index contributed by atoms with van der Waals surface area (Å²) in [4.78, 5) is 0. The van der Waals surface area contributed by atoms with E-state index in [1.54, 1.807) is 0 Å². The monoisotopic (exact) mass is 253 g/mol. The Balaban J connectivity index is 2.28. The van der Waals surface area contributed by atoms with Gasteiger partial charge in [-0.15, -0.1) is 0 Å². The zero-order valence-electron chi connectivity index (χ0n) is 9.50. The zero-order chi connectivity index (χ0) is 12.9. The van der Waals surface area contributed by atoms with Gasteiger partial charge in [0, 0.05) is 6.54 Å². The first-order valence-corrected chi connectivity index (χ1v) is 5.70. The van der Waals surface area contributed by atoms with Crippen molar-refractivity contribution in [2.24, 2.45) is 22.7 Å². The lowest BCUT2D eigenvalue weighted by atomic mass is 9.83. The van der Waals surface area contributed by atoms with Crippen molar-refractivity contribution in [3.63, 3.8) is 0 Å². The van der Waals surface area contributed by atoms with Gasteiger partial charge in [0.25, 0.3) is 0 Å². The van der Waals surface area contributed by atoms with E-state index in [1.165, 1.54) is 19.3 Å². The molecule has 17 heavy (non-hydrogen) atoms. The van der Waals surface area contributed by atoms with Crippen molar-refractivity contribution in [1.82, 2.24) is 5.32 Å². The summed E-state index contributed by atoms with van der Waals surface area (Å²) in [5.41, 5.74) is 5.02. The highest BCUT2D eigenvalue weighted by Crippen LogP contribution is 2.29. The molecule has 0 bridgehead atoms. The molecule has 1 unspecified atom stereocenters. The molecule has 0 amide bonds. The van der Waals surface area contributed by atoms with E-state index >= 15 is 0 Å². The van der Waals surface area contributed by atoms with Gasteiger partial charge < -0.3 is 16.3 Å². The predicted molar refractivity (Wildman–Crippen MR) is 57.8 cm³/mol. The molecule has 1 saturated carbocycles. The van der Waals surface area contributed by atoms with Crippen LogP contribution in [0.1, 0.15) is 25.7 Å². The molecule has 1 rings (SSSR count). The lowest BCUT2D eigenvalue weighted by Crippen LogP contribution is -2.43. The van der Waals surface area contributed by atoms with E-state index in [0.29, 0.717) is 12.5 Å². The van der Waals surface area contributed by atoms with Crippen molar-refractivity contribution in [1.29, 1.82) is 0 Å². The van der Waals surface area contributed by atoms with Crippen LogP contribution in [0.5, 0.6) is 0 Å². The van der Waals surface area contributed by atoms with Gasteiger partial charge in [-0.25, -0.2) is 0 Å². The molecule has 0 aromatic carbocycles. The average Bonchev–Trinajstić information content (AvgIpc) is 2.17. The number of hydrogen-bond donors (Lipinski definition) is 3.